The molecule has 1 fully saturated rings. The van der Waals surface area contributed by atoms with Crippen molar-refractivity contribution >= 4 is 11.9 Å². The summed E-state index contributed by atoms with van der Waals surface area (Å²) in [6.07, 6.45) is 0. The summed E-state index contributed by atoms with van der Waals surface area (Å²) in [5.74, 6) is -1.23. The first-order valence-corrected chi connectivity index (χ1v) is 3.70. The molecule has 5 nitrogen and oxygen atoms in total. The summed E-state index contributed by atoms with van der Waals surface area (Å²) < 4.78 is 4.95. The lowest BCUT2D eigenvalue weighted by Crippen LogP contribution is -2.51. The maximum atomic E-state index is 10.9. The molecule has 68 valence electrons. The van der Waals surface area contributed by atoms with Crippen LogP contribution in [0.25, 0.3) is 0 Å². The Hall–Kier alpha value is -1.10. The number of hydrogen-bond acceptors (Lipinski definition) is 3. The average Bonchev–Trinajstić information content (AvgIpc) is 2.04. The number of aliphatic carboxylic acids is 1. The van der Waals surface area contributed by atoms with Gasteiger partial charge in [0.25, 0.3) is 0 Å². The van der Waals surface area contributed by atoms with Gasteiger partial charge in [-0.2, -0.15) is 0 Å². The highest BCUT2D eigenvalue weighted by Crippen LogP contribution is 2.06. The number of carbonyl (C=O) groups is 2. The van der Waals surface area contributed by atoms with E-state index in [1.165, 1.54) is 11.8 Å². The van der Waals surface area contributed by atoms with Crippen molar-refractivity contribution in [1.29, 1.82) is 0 Å². The predicted octanol–water partition coefficient (Wildman–Crippen LogP) is -0.682. The highest BCUT2D eigenvalue weighted by atomic mass is 16.5. The predicted molar refractivity (Wildman–Crippen MR) is 39.6 cm³/mol. The van der Waals surface area contributed by atoms with Gasteiger partial charge in [0.05, 0.1) is 13.2 Å². The van der Waals surface area contributed by atoms with Crippen LogP contribution < -0.4 is 0 Å². The van der Waals surface area contributed by atoms with E-state index in [0.29, 0.717) is 13.2 Å². The maximum absolute atomic E-state index is 10.9. The number of carbonyl (C=O) groups excluding carboxylic acids is 1. The monoisotopic (exact) mass is 173 g/mol. The molecule has 1 heterocycles. The number of hydrogen-bond donors (Lipinski definition) is 1. The summed E-state index contributed by atoms with van der Waals surface area (Å²) in [6.45, 7) is 2.24. The van der Waals surface area contributed by atoms with Gasteiger partial charge in [0.1, 0.15) is 0 Å². The number of rotatable bonds is 1. The van der Waals surface area contributed by atoms with Crippen LogP contribution in [0, 0.1) is 0 Å². The molecule has 0 aliphatic carbocycles. The van der Waals surface area contributed by atoms with Gasteiger partial charge in [-0.1, -0.05) is 0 Å². The smallest absolute Gasteiger partial charge is 0.328 e. The third-order valence-electron chi connectivity index (χ3n) is 1.82. The molecule has 1 atom stereocenters. The lowest BCUT2D eigenvalue weighted by atomic mass is 10.2. The molecule has 0 radical (unpaired) electrons. The molecule has 1 rings (SSSR count). The molecule has 5 heteroatoms. The van der Waals surface area contributed by atoms with Crippen molar-refractivity contribution in [2.75, 3.05) is 19.8 Å². The Bertz CT molecular complexity index is 182. The van der Waals surface area contributed by atoms with Crippen molar-refractivity contribution in [1.82, 2.24) is 4.90 Å². The van der Waals surface area contributed by atoms with Crippen LogP contribution in [-0.4, -0.2) is 47.7 Å². The molecule has 1 aliphatic heterocycles. The third-order valence-corrected chi connectivity index (χ3v) is 1.82. The van der Waals surface area contributed by atoms with Gasteiger partial charge in [-0.15, -0.1) is 0 Å². The van der Waals surface area contributed by atoms with E-state index in [-0.39, 0.29) is 12.5 Å². The second-order valence-electron chi connectivity index (χ2n) is 2.64. The Labute approximate surface area is 69.9 Å². The van der Waals surface area contributed by atoms with Crippen molar-refractivity contribution in [2.24, 2.45) is 0 Å². The van der Waals surface area contributed by atoms with Crippen molar-refractivity contribution in [2.45, 2.75) is 13.0 Å². The molecule has 12 heavy (non-hydrogen) atoms. The lowest BCUT2D eigenvalue weighted by Gasteiger charge is -2.31. The van der Waals surface area contributed by atoms with Crippen LogP contribution in [0.15, 0.2) is 0 Å². The van der Waals surface area contributed by atoms with Crippen LogP contribution in [-0.2, 0) is 14.3 Å². The highest BCUT2D eigenvalue weighted by molar-refractivity contribution is 5.82. The van der Waals surface area contributed by atoms with Crippen LogP contribution in [0.4, 0.5) is 0 Å². The van der Waals surface area contributed by atoms with Gasteiger partial charge < -0.3 is 14.7 Å². The summed E-state index contributed by atoms with van der Waals surface area (Å²) in [4.78, 5) is 22.8. The van der Waals surface area contributed by atoms with E-state index in [1.54, 1.807) is 0 Å². The molecular formula is C7H11NO4. The Morgan fingerprint density at radius 3 is 2.67 bits per heavy atom. The Morgan fingerprint density at radius 2 is 2.25 bits per heavy atom. The standard InChI is InChI=1S/C7H11NO4/c1-5(9)8-2-3-12-4-6(8)7(10)11/h6H,2-4H2,1H3,(H,10,11)/t6-/m1/s1. The molecule has 0 aromatic rings. The fourth-order valence-corrected chi connectivity index (χ4v) is 1.19. The van der Waals surface area contributed by atoms with E-state index in [0.717, 1.165) is 0 Å². The molecule has 1 aliphatic rings. The minimum absolute atomic E-state index is 0.0922. The molecule has 0 saturated carbocycles. The van der Waals surface area contributed by atoms with E-state index in [2.05, 4.69) is 0 Å². The first-order chi connectivity index (χ1) is 5.63. The highest BCUT2D eigenvalue weighted by Gasteiger charge is 2.30. The fourth-order valence-electron chi connectivity index (χ4n) is 1.19. The second kappa shape index (κ2) is 3.53. The van der Waals surface area contributed by atoms with Gasteiger partial charge >= 0.3 is 5.97 Å². The zero-order valence-electron chi connectivity index (χ0n) is 6.82. The Kier molecular flexibility index (Phi) is 2.65. The first kappa shape index (κ1) is 8.99. The number of amides is 1. The zero-order chi connectivity index (χ0) is 9.14. The van der Waals surface area contributed by atoms with Crippen LogP contribution in [0.2, 0.25) is 0 Å². The first-order valence-electron chi connectivity index (χ1n) is 3.70. The van der Waals surface area contributed by atoms with E-state index >= 15 is 0 Å². The van der Waals surface area contributed by atoms with Crippen molar-refractivity contribution in [3.8, 4) is 0 Å². The van der Waals surface area contributed by atoms with Crippen LogP contribution in [0.5, 0.6) is 0 Å². The summed E-state index contributed by atoms with van der Waals surface area (Å²) in [5.41, 5.74) is 0. The van der Waals surface area contributed by atoms with Gasteiger partial charge in [0, 0.05) is 13.5 Å². The van der Waals surface area contributed by atoms with Gasteiger partial charge in [0.2, 0.25) is 5.91 Å². The van der Waals surface area contributed by atoms with Gasteiger partial charge in [0.15, 0.2) is 6.04 Å². The van der Waals surface area contributed by atoms with Gasteiger partial charge in [-0.05, 0) is 0 Å². The zero-order valence-corrected chi connectivity index (χ0v) is 6.82. The summed E-state index contributed by atoms with van der Waals surface area (Å²) in [5, 5.41) is 8.68. The topological polar surface area (TPSA) is 66.8 Å². The molecule has 1 saturated heterocycles. The second-order valence-corrected chi connectivity index (χ2v) is 2.64. The summed E-state index contributed by atoms with van der Waals surface area (Å²) in [7, 11) is 0. The normalized spacial score (nSPS) is 23.8. The van der Waals surface area contributed by atoms with E-state index < -0.39 is 12.0 Å². The molecular weight excluding hydrogens is 162 g/mol. The van der Waals surface area contributed by atoms with Crippen molar-refractivity contribution < 1.29 is 19.4 Å². The molecule has 1 N–H and O–H groups in total. The van der Waals surface area contributed by atoms with Crippen molar-refractivity contribution in [3.05, 3.63) is 0 Å². The van der Waals surface area contributed by atoms with E-state index in [4.69, 9.17) is 9.84 Å². The number of morpholine rings is 1. The number of nitrogens with zero attached hydrogens (tertiary/aromatic N) is 1. The largest absolute Gasteiger partial charge is 0.480 e. The quantitative estimate of drug-likeness (QED) is 0.570. The van der Waals surface area contributed by atoms with Gasteiger partial charge in [-0.3, -0.25) is 4.79 Å². The fraction of sp³-hybridized carbons (Fsp3) is 0.714. The van der Waals surface area contributed by atoms with Crippen LogP contribution in [0.3, 0.4) is 0 Å². The maximum Gasteiger partial charge on any atom is 0.328 e. The minimum Gasteiger partial charge on any atom is -0.480 e. The third kappa shape index (κ3) is 1.73. The van der Waals surface area contributed by atoms with Crippen LogP contribution in [0.1, 0.15) is 6.92 Å². The Balaban J connectivity index is 2.67. The van der Waals surface area contributed by atoms with E-state index in [9.17, 15) is 9.59 Å². The molecule has 0 aromatic carbocycles. The average molecular weight is 173 g/mol. The van der Waals surface area contributed by atoms with Gasteiger partial charge in [-0.25, -0.2) is 4.79 Å². The SMILES string of the molecule is CC(=O)N1CCOC[C@@H]1C(=O)O. The van der Waals surface area contributed by atoms with Crippen LogP contribution >= 0.6 is 0 Å². The number of carboxylic acids is 1. The number of ether oxygens (including phenoxy) is 1. The molecule has 0 spiro atoms. The van der Waals surface area contributed by atoms with E-state index in [1.807, 2.05) is 0 Å². The summed E-state index contributed by atoms with van der Waals surface area (Å²) >= 11 is 0. The molecule has 0 bridgehead atoms. The molecule has 0 unspecified atom stereocenters. The number of carboxylic acid groups (broad SMARTS) is 1. The van der Waals surface area contributed by atoms with Crippen molar-refractivity contribution in [3.63, 3.8) is 0 Å². The summed E-state index contributed by atoms with van der Waals surface area (Å²) in [6, 6.07) is -0.809. The lowest BCUT2D eigenvalue weighted by molar-refractivity contribution is -0.157. The Morgan fingerprint density at radius 1 is 1.58 bits per heavy atom. The molecule has 1 amide bonds. The molecule has 0 aromatic heterocycles. The minimum atomic E-state index is -1.01.